The van der Waals surface area contributed by atoms with Gasteiger partial charge in [0.05, 0.1) is 13.1 Å². The Labute approximate surface area is 137 Å². The van der Waals surface area contributed by atoms with Gasteiger partial charge in [-0.1, -0.05) is 12.8 Å². The Morgan fingerprint density at radius 3 is 2.13 bits per heavy atom. The van der Waals surface area contributed by atoms with Crippen molar-refractivity contribution < 1.29 is 14.4 Å². The topological polar surface area (TPSA) is 95.7 Å². The Bertz CT molecular complexity index is 435. The van der Waals surface area contributed by atoms with Gasteiger partial charge in [0.15, 0.2) is 0 Å². The molecular weight excluding hydrogens is 296 g/mol. The molecule has 0 atom stereocenters. The van der Waals surface area contributed by atoms with Gasteiger partial charge >= 0.3 is 0 Å². The van der Waals surface area contributed by atoms with E-state index < -0.39 is 0 Å². The summed E-state index contributed by atoms with van der Waals surface area (Å²) in [5.41, 5.74) is 5.20. The van der Waals surface area contributed by atoms with E-state index >= 15 is 0 Å². The number of nitrogens with one attached hydrogen (secondary N) is 1. The number of nitrogens with two attached hydrogens (primary N) is 1. The molecule has 23 heavy (non-hydrogen) atoms. The van der Waals surface area contributed by atoms with E-state index in [0.29, 0.717) is 38.5 Å². The predicted octanol–water partition coefficient (Wildman–Crippen LogP) is -0.297. The quantitative estimate of drug-likeness (QED) is 0.726. The van der Waals surface area contributed by atoms with Crippen molar-refractivity contribution in [3.63, 3.8) is 0 Å². The molecule has 0 aromatic rings. The van der Waals surface area contributed by atoms with Gasteiger partial charge in [0, 0.05) is 32.6 Å². The van der Waals surface area contributed by atoms with E-state index in [9.17, 15) is 14.4 Å². The van der Waals surface area contributed by atoms with Crippen LogP contribution in [0.5, 0.6) is 0 Å². The summed E-state index contributed by atoms with van der Waals surface area (Å²) < 4.78 is 0. The molecule has 130 valence electrons. The number of carbonyl (C=O) groups excluding carboxylic acids is 3. The maximum Gasteiger partial charge on any atom is 0.242 e. The van der Waals surface area contributed by atoms with Gasteiger partial charge in [-0.3, -0.25) is 14.4 Å². The van der Waals surface area contributed by atoms with Gasteiger partial charge in [0.1, 0.15) is 0 Å². The summed E-state index contributed by atoms with van der Waals surface area (Å²) in [6.45, 7) is 2.33. The molecule has 7 nitrogen and oxygen atoms in total. The fourth-order valence-electron chi connectivity index (χ4n) is 3.36. The molecule has 1 aliphatic carbocycles. The number of hydrogen-bond acceptors (Lipinski definition) is 4. The molecule has 0 aromatic heterocycles. The molecule has 1 saturated carbocycles. The first kappa shape index (κ1) is 17.7. The lowest BCUT2D eigenvalue weighted by Crippen LogP contribution is -2.43. The van der Waals surface area contributed by atoms with E-state index in [4.69, 9.17) is 5.73 Å². The molecule has 2 fully saturated rings. The lowest BCUT2D eigenvalue weighted by atomic mass is 10.0. The molecule has 0 spiro atoms. The summed E-state index contributed by atoms with van der Waals surface area (Å²) >= 11 is 0. The van der Waals surface area contributed by atoms with Gasteiger partial charge in [-0.05, 0) is 25.2 Å². The number of amides is 3. The zero-order valence-corrected chi connectivity index (χ0v) is 13.8. The van der Waals surface area contributed by atoms with E-state index in [2.05, 4.69) is 5.32 Å². The summed E-state index contributed by atoms with van der Waals surface area (Å²) in [7, 11) is 0. The van der Waals surface area contributed by atoms with Crippen molar-refractivity contribution in [2.45, 2.75) is 38.5 Å². The second kappa shape index (κ2) is 8.86. The minimum atomic E-state index is -0.332. The second-order valence-corrected chi connectivity index (χ2v) is 6.45. The lowest BCUT2D eigenvalue weighted by Gasteiger charge is -2.23. The highest BCUT2D eigenvalue weighted by Gasteiger charge is 2.25. The highest BCUT2D eigenvalue weighted by molar-refractivity contribution is 5.85. The van der Waals surface area contributed by atoms with Crippen LogP contribution in [0.4, 0.5) is 0 Å². The lowest BCUT2D eigenvalue weighted by molar-refractivity contribution is -0.134. The van der Waals surface area contributed by atoms with Crippen molar-refractivity contribution in [1.29, 1.82) is 0 Å². The number of hydrogen-bond donors (Lipinski definition) is 2. The molecule has 0 bridgehead atoms. The third-order valence-corrected chi connectivity index (χ3v) is 4.76. The van der Waals surface area contributed by atoms with E-state index in [1.807, 2.05) is 4.90 Å². The summed E-state index contributed by atoms with van der Waals surface area (Å²) in [5.74, 6) is 0.330. The Hall–Kier alpha value is -1.63. The third-order valence-electron chi connectivity index (χ3n) is 4.76. The normalized spacial score (nSPS) is 19.5. The van der Waals surface area contributed by atoms with Crippen molar-refractivity contribution in [1.82, 2.24) is 15.1 Å². The highest BCUT2D eigenvalue weighted by Crippen LogP contribution is 2.28. The van der Waals surface area contributed by atoms with Crippen molar-refractivity contribution in [2.24, 2.45) is 11.7 Å². The standard InChI is InChI=1S/C16H28N4O3/c17-11-14(21)18-12-16(23)20-7-3-6-19(8-9-20)15(22)10-13-4-1-2-5-13/h13H,1-12,17H2,(H,18,21). The van der Waals surface area contributed by atoms with E-state index in [1.54, 1.807) is 4.90 Å². The first-order chi connectivity index (χ1) is 11.1. The largest absolute Gasteiger partial charge is 0.346 e. The van der Waals surface area contributed by atoms with Crippen molar-refractivity contribution in [3.8, 4) is 0 Å². The summed E-state index contributed by atoms with van der Waals surface area (Å²) in [5, 5.41) is 2.50. The number of rotatable bonds is 5. The summed E-state index contributed by atoms with van der Waals surface area (Å²) in [4.78, 5) is 39.2. The van der Waals surface area contributed by atoms with Crippen molar-refractivity contribution >= 4 is 17.7 Å². The summed E-state index contributed by atoms with van der Waals surface area (Å²) in [6.07, 6.45) is 6.27. The Morgan fingerprint density at radius 1 is 0.913 bits per heavy atom. The fraction of sp³-hybridized carbons (Fsp3) is 0.812. The van der Waals surface area contributed by atoms with Crippen LogP contribution in [0, 0.1) is 5.92 Å². The second-order valence-electron chi connectivity index (χ2n) is 6.45. The van der Waals surface area contributed by atoms with Crippen LogP contribution in [0.15, 0.2) is 0 Å². The van der Waals surface area contributed by atoms with Crippen LogP contribution >= 0.6 is 0 Å². The molecule has 1 heterocycles. The van der Waals surface area contributed by atoms with E-state index in [1.165, 1.54) is 25.7 Å². The van der Waals surface area contributed by atoms with Crippen LogP contribution in [-0.2, 0) is 14.4 Å². The van der Waals surface area contributed by atoms with Crippen LogP contribution in [0.2, 0.25) is 0 Å². The molecule has 0 unspecified atom stereocenters. The third kappa shape index (κ3) is 5.49. The van der Waals surface area contributed by atoms with Crippen LogP contribution < -0.4 is 11.1 Å². The van der Waals surface area contributed by atoms with Gasteiger partial charge in [-0.15, -0.1) is 0 Å². The van der Waals surface area contributed by atoms with Crippen molar-refractivity contribution in [3.05, 3.63) is 0 Å². The average molecular weight is 324 g/mol. The van der Waals surface area contributed by atoms with Gasteiger partial charge in [0.25, 0.3) is 0 Å². The molecule has 0 aromatic carbocycles. The smallest absolute Gasteiger partial charge is 0.242 e. The zero-order valence-electron chi connectivity index (χ0n) is 13.8. The molecule has 2 rings (SSSR count). The molecule has 0 radical (unpaired) electrons. The molecule has 1 aliphatic heterocycles. The molecule has 3 amide bonds. The van der Waals surface area contributed by atoms with Crippen LogP contribution in [0.3, 0.4) is 0 Å². The SMILES string of the molecule is NCC(=O)NCC(=O)N1CCCN(C(=O)CC2CCCC2)CC1. The van der Waals surface area contributed by atoms with Crippen LogP contribution in [0.25, 0.3) is 0 Å². The van der Waals surface area contributed by atoms with E-state index in [-0.39, 0.29) is 30.8 Å². The van der Waals surface area contributed by atoms with Gasteiger partial charge < -0.3 is 20.9 Å². The molecule has 1 saturated heterocycles. The molecular formula is C16H28N4O3. The Balaban J connectivity index is 1.75. The monoisotopic (exact) mass is 324 g/mol. The van der Waals surface area contributed by atoms with E-state index in [0.717, 1.165) is 6.42 Å². The highest BCUT2D eigenvalue weighted by atomic mass is 16.2. The zero-order chi connectivity index (χ0) is 16.7. The number of carbonyl (C=O) groups is 3. The minimum absolute atomic E-state index is 0.0218. The predicted molar refractivity (Wildman–Crippen MR) is 86.4 cm³/mol. The van der Waals surface area contributed by atoms with Gasteiger partial charge in [-0.25, -0.2) is 0 Å². The van der Waals surface area contributed by atoms with Crippen LogP contribution in [-0.4, -0.2) is 66.8 Å². The Morgan fingerprint density at radius 2 is 1.52 bits per heavy atom. The Kier molecular flexibility index (Phi) is 6.83. The minimum Gasteiger partial charge on any atom is -0.346 e. The first-order valence-electron chi connectivity index (χ1n) is 8.62. The maximum absolute atomic E-state index is 12.4. The maximum atomic E-state index is 12.4. The molecule has 7 heteroatoms. The summed E-state index contributed by atoms with van der Waals surface area (Å²) in [6, 6.07) is 0. The van der Waals surface area contributed by atoms with Gasteiger partial charge in [0.2, 0.25) is 17.7 Å². The molecule has 2 aliphatic rings. The average Bonchev–Trinajstić information content (AvgIpc) is 2.93. The fourth-order valence-corrected chi connectivity index (χ4v) is 3.36. The van der Waals surface area contributed by atoms with Crippen LogP contribution in [0.1, 0.15) is 38.5 Å². The first-order valence-corrected chi connectivity index (χ1v) is 8.62. The number of nitrogens with zero attached hydrogens (tertiary/aromatic N) is 2. The molecule has 3 N–H and O–H groups in total. The van der Waals surface area contributed by atoms with Crippen molar-refractivity contribution in [2.75, 3.05) is 39.3 Å². The van der Waals surface area contributed by atoms with Gasteiger partial charge in [-0.2, -0.15) is 0 Å².